The molecule has 11 heteroatoms. The lowest BCUT2D eigenvalue weighted by molar-refractivity contribution is -0.115. The molecule has 0 N–H and O–H groups in total. The van der Waals surface area contributed by atoms with Crippen LogP contribution in [0.2, 0.25) is 0 Å². The topological polar surface area (TPSA) is 103 Å². The highest BCUT2D eigenvalue weighted by Gasteiger charge is 2.19. The second-order valence-electron chi connectivity index (χ2n) is 6.51. The highest BCUT2D eigenvalue weighted by Crippen LogP contribution is 2.22. The van der Waals surface area contributed by atoms with Gasteiger partial charge in [-0.3, -0.25) is 4.79 Å². The second kappa shape index (κ2) is 9.04. The number of aromatic nitrogens is 1. The molecule has 160 valence electrons. The number of nitrogens with zero attached hydrogens (tertiary/aromatic N) is 2. The Morgan fingerprint density at radius 2 is 1.77 bits per heavy atom. The van der Waals surface area contributed by atoms with Crippen LogP contribution in [-0.4, -0.2) is 51.3 Å². The number of carbonyl (C=O) groups excluding carboxylic acids is 1. The van der Waals surface area contributed by atoms with E-state index in [1.165, 1.54) is 18.2 Å². The first-order chi connectivity index (χ1) is 14.1. The van der Waals surface area contributed by atoms with Gasteiger partial charge in [-0.2, -0.15) is 16.8 Å². The SMILES string of the molecule is CSCCn1c(=NC(=O)CS(=O)(=O)c2ccccc2)sc2cc(S(C)(=O)=O)ccc21. The average molecular weight is 485 g/mol. The van der Waals surface area contributed by atoms with Gasteiger partial charge in [0.25, 0.3) is 5.91 Å². The predicted molar refractivity (Wildman–Crippen MR) is 120 cm³/mol. The Morgan fingerprint density at radius 3 is 2.40 bits per heavy atom. The van der Waals surface area contributed by atoms with Crippen molar-refractivity contribution >= 4 is 58.9 Å². The highest BCUT2D eigenvalue weighted by molar-refractivity contribution is 7.98. The molecule has 0 radical (unpaired) electrons. The van der Waals surface area contributed by atoms with Gasteiger partial charge in [0.05, 0.1) is 20.0 Å². The summed E-state index contributed by atoms with van der Waals surface area (Å²) in [6.07, 6.45) is 3.08. The summed E-state index contributed by atoms with van der Waals surface area (Å²) in [5.74, 6) is -0.752. The van der Waals surface area contributed by atoms with Gasteiger partial charge >= 0.3 is 0 Å². The molecule has 0 saturated heterocycles. The number of amides is 1. The summed E-state index contributed by atoms with van der Waals surface area (Å²) in [4.78, 5) is 17.1. The Morgan fingerprint density at radius 1 is 1.07 bits per heavy atom. The zero-order valence-corrected chi connectivity index (χ0v) is 19.6. The normalized spacial score (nSPS) is 13.1. The molecular formula is C19H20N2O5S4. The molecule has 2 aromatic carbocycles. The van der Waals surface area contributed by atoms with E-state index in [1.807, 2.05) is 10.8 Å². The van der Waals surface area contributed by atoms with Crippen LogP contribution in [0.4, 0.5) is 0 Å². The minimum absolute atomic E-state index is 0.0675. The molecule has 0 aliphatic carbocycles. The fraction of sp³-hybridized carbons (Fsp3) is 0.263. The molecule has 0 unspecified atom stereocenters. The number of sulfone groups is 2. The molecule has 0 spiro atoms. The molecule has 30 heavy (non-hydrogen) atoms. The van der Waals surface area contributed by atoms with Crippen LogP contribution >= 0.6 is 23.1 Å². The van der Waals surface area contributed by atoms with Gasteiger partial charge in [0.1, 0.15) is 5.75 Å². The molecular weight excluding hydrogens is 464 g/mol. The number of thioether (sulfide) groups is 1. The van der Waals surface area contributed by atoms with Crippen LogP contribution < -0.4 is 4.80 Å². The van der Waals surface area contributed by atoms with Crippen LogP contribution in [-0.2, 0) is 31.0 Å². The molecule has 3 aromatic rings. The number of hydrogen-bond acceptors (Lipinski definition) is 7. The quantitative estimate of drug-likeness (QED) is 0.510. The summed E-state index contributed by atoms with van der Waals surface area (Å²) in [5, 5.41) is 0. The first-order valence-corrected chi connectivity index (χ1v) is 14.5. The van der Waals surface area contributed by atoms with Gasteiger partial charge in [-0.15, -0.1) is 0 Å². The zero-order chi connectivity index (χ0) is 21.9. The lowest BCUT2D eigenvalue weighted by Crippen LogP contribution is -2.21. The number of rotatable bonds is 7. The fourth-order valence-electron chi connectivity index (χ4n) is 2.78. The zero-order valence-electron chi connectivity index (χ0n) is 16.3. The van der Waals surface area contributed by atoms with Gasteiger partial charge in [-0.25, -0.2) is 16.8 Å². The minimum atomic E-state index is -3.80. The van der Waals surface area contributed by atoms with E-state index in [0.29, 0.717) is 16.0 Å². The maximum Gasteiger partial charge on any atom is 0.263 e. The van der Waals surface area contributed by atoms with Gasteiger partial charge < -0.3 is 4.57 Å². The lowest BCUT2D eigenvalue weighted by Gasteiger charge is -2.05. The Kier molecular flexibility index (Phi) is 6.85. The van der Waals surface area contributed by atoms with Gasteiger partial charge in [-0.1, -0.05) is 29.5 Å². The molecule has 0 saturated carbocycles. The van der Waals surface area contributed by atoms with E-state index >= 15 is 0 Å². The first kappa shape index (κ1) is 22.7. The third-order valence-corrected chi connectivity index (χ3v) is 8.60. The predicted octanol–water partition coefficient (Wildman–Crippen LogP) is 2.37. The highest BCUT2D eigenvalue weighted by atomic mass is 32.2. The van der Waals surface area contributed by atoms with Crippen LogP contribution in [0, 0.1) is 0 Å². The number of aryl methyl sites for hydroxylation is 1. The molecule has 0 aliphatic heterocycles. The molecule has 1 amide bonds. The monoisotopic (exact) mass is 484 g/mol. The average Bonchev–Trinajstić information content (AvgIpc) is 3.01. The fourth-order valence-corrected chi connectivity index (χ4v) is 6.11. The third-order valence-electron chi connectivity index (χ3n) is 4.24. The summed E-state index contributed by atoms with van der Waals surface area (Å²) >= 11 is 2.78. The maximum atomic E-state index is 12.5. The molecule has 0 bridgehead atoms. The van der Waals surface area contributed by atoms with Crippen molar-refractivity contribution in [3.63, 3.8) is 0 Å². The van der Waals surface area contributed by atoms with Crippen molar-refractivity contribution in [2.24, 2.45) is 4.99 Å². The number of hydrogen-bond donors (Lipinski definition) is 0. The Hall–Kier alpha value is -1.95. The van der Waals surface area contributed by atoms with Gasteiger partial charge in [-0.05, 0) is 36.6 Å². The number of carbonyl (C=O) groups is 1. The summed E-state index contributed by atoms with van der Waals surface area (Å²) in [7, 11) is -7.17. The summed E-state index contributed by atoms with van der Waals surface area (Å²) in [6.45, 7) is 0.553. The van der Waals surface area contributed by atoms with E-state index < -0.39 is 31.3 Å². The Labute approximate surface area is 183 Å². The minimum Gasteiger partial charge on any atom is -0.316 e. The smallest absolute Gasteiger partial charge is 0.263 e. The molecule has 7 nitrogen and oxygen atoms in total. The van der Waals surface area contributed by atoms with Crippen LogP contribution in [0.5, 0.6) is 0 Å². The van der Waals surface area contributed by atoms with Crippen LogP contribution in [0.3, 0.4) is 0 Å². The first-order valence-electron chi connectivity index (χ1n) is 8.79. The number of thiazole rings is 1. The number of fused-ring (bicyclic) bond motifs is 1. The van der Waals surface area contributed by atoms with Crippen molar-refractivity contribution in [3.05, 3.63) is 53.3 Å². The van der Waals surface area contributed by atoms with E-state index in [1.54, 1.807) is 42.1 Å². The molecule has 1 aromatic heterocycles. The van der Waals surface area contributed by atoms with Gasteiger partial charge in [0, 0.05) is 18.6 Å². The van der Waals surface area contributed by atoms with Crippen molar-refractivity contribution in [2.75, 3.05) is 24.0 Å². The number of benzene rings is 2. The van der Waals surface area contributed by atoms with Crippen LogP contribution in [0.25, 0.3) is 10.2 Å². The van der Waals surface area contributed by atoms with E-state index in [0.717, 1.165) is 28.9 Å². The molecule has 0 atom stereocenters. The van der Waals surface area contributed by atoms with E-state index in [-0.39, 0.29) is 9.79 Å². The van der Waals surface area contributed by atoms with Crippen molar-refractivity contribution in [3.8, 4) is 0 Å². The van der Waals surface area contributed by atoms with Crippen LogP contribution in [0.1, 0.15) is 0 Å². The van der Waals surface area contributed by atoms with E-state index in [4.69, 9.17) is 0 Å². The van der Waals surface area contributed by atoms with Gasteiger partial charge in [0.15, 0.2) is 24.5 Å². The van der Waals surface area contributed by atoms with Crippen molar-refractivity contribution in [1.82, 2.24) is 4.57 Å². The molecule has 1 heterocycles. The van der Waals surface area contributed by atoms with E-state index in [9.17, 15) is 21.6 Å². The van der Waals surface area contributed by atoms with Crippen LogP contribution in [0.15, 0.2) is 63.3 Å². The lowest BCUT2D eigenvalue weighted by atomic mass is 10.3. The third kappa shape index (κ3) is 5.20. The summed E-state index contributed by atoms with van der Waals surface area (Å²) < 4.78 is 51.1. The second-order valence-corrected chi connectivity index (χ2v) is 12.5. The Balaban J connectivity index is 2.04. The molecule has 3 rings (SSSR count). The van der Waals surface area contributed by atoms with Crippen molar-refractivity contribution < 1.29 is 21.6 Å². The summed E-state index contributed by atoms with van der Waals surface area (Å²) in [5.41, 5.74) is 0.749. The van der Waals surface area contributed by atoms with Crippen molar-refractivity contribution in [2.45, 2.75) is 16.3 Å². The molecule has 0 fully saturated rings. The standard InChI is InChI=1S/C19H20N2O5S4/c1-27-11-10-21-16-9-8-15(29(2,23)24)12-17(16)28-19(21)20-18(22)13-30(25,26)14-6-4-3-5-7-14/h3-9,12H,10-11,13H2,1-2H3. The Bertz CT molecular complexity index is 1350. The molecule has 0 aliphatic rings. The van der Waals surface area contributed by atoms with E-state index in [2.05, 4.69) is 4.99 Å². The largest absolute Gasteiger partial charge is 0.316 e. The van der Waals surface area contributed by atoms with Crippen molar-refractivity contribution in [1.29, 1.82) is 0 Å². The summed E-state index contributed by atoms with van der Waals surface area (Å²) in [6, 6.07) is 12.5. The van der Waals surface area contributed by atoms with Gasteiger partial charge in [0.2, 0.25) is 0 Å². The maximum absolute atomic E-state index is 12.5.